The fourth-order valence-corrected chi connectivity index (χ4v) is 5.59. The minimum atomic E-state index is -0.403. The van der Waals surface area contributed by atoms with Crippen LogP contribution in [0.2, 0.25) is 0 Å². The zero-order valence-electron chi connectivity index (χ0n) is 17.6. The van der Waals surface area contributed by atoms with Gasteiger partial charge in [-0.1, -0.05) is 32.1 Å². The summed E-state index contributed by atoms with van der Waals surface area (Å²) in [5.74, 6) is 0.978. The largest absolute Gasteiger partial charge is 0.342 e. The second-order valence-electron chi connectivity index (χ2n) is 9.39. The Morgan fingerprint density at radius 1 is 1.07 bits per heavy atom. The number of hydrogen-bond acceptors (Lipinski definition) is 3. The van der Waals surface area contributed by atoms with Crippen molar-refractivity contribution in [2.24, 2.45) is 11.3 Å². The summed E-state index contributed by atoms with van der Waals surface area (Å²) < 4.78 is 0. The molecule has 1 atom stereocenters. The predicted molar refractivity (Wildman–Crippen MR) is 110 cm³/mol. The maximum atomic E-state index is 13.3. The molecule has 160 valence electrons. The molecule has 0 aromatic carbocycles. The van der Waals surface area contributed by atoms with Gasteiger partial charge in [-0.2, -0.15) is 0 Å². The van der Waals surface area contributed by atoms with Gasteiger partial charge in [0.2, 0.25) is 11.8 Å². The number of nitrogens with one attached hydrogen (secondary N) is 2. The van der Waals surface area contributed by atoms with Crippen molar-refractivity contribution < 1.29 is 9.59 Å². The smallest absolute Gasteiger partial charge is 0.267 e. The fraction of sp³-hybridized carbons (Fsp3) is 0.773. The van der Waals surface area contributed by atoms with E-state index >= 15 is 0 Å². The highest BCUT2D eigenvalue weighted by Gasteiger charge is 2.49. The van der Waals surface area contributed by atoms with Gasteiger partial charge in [-0.15, -0.1) is 0 Å². The topological polar surface area (TPSA) is 89.3 Å². The van der Waals surface area contributed by atoms with Gasteiger partial charge in [0.1, 0.15) is 0 Å². The van der Waals surface area contributed by atoms with E-state index in [2.05, 4.69) is 15.1 Å². The first kappa shape index (κ1) is 20.2. The van der Waals surface area contributed by atoms with E-state index in [0.29, 0.717) is 24.3 Å². The van der Waals surface area contributed by atoms with Crippen molar-refractivity contribution in [3.63, 3.8) is 0 Å². The van der Waals surface area contributed by atoms with E-state index in [9.17, 15) is 14.4 Å². The molecule has 3 heterocycles. The lowest BCUT2D eigenvalue weighted by atomic mass is 9.78. The van der Waals surface area contributed by atoms with Gasteiger partial charge in [0, 0.05) is 37.4 Å². The molecule has 29 heavy (non-hydrogen) atoms. The van der Waals surface area contributed by atoms with Crippen LogP contribution in [0.25, 0.3) is 0 Å². The summed E-state index contributed by atoms with van der Waals surface area (Å²) in [6, 6.07) is 0. The van der Waals surface area contributed by atoms with Crippen LogP contribution >= 0.6 is 0 Å². The van der Waals surface area contributed by atoms with Gasteiger partial charge in [0.05, 0.1) is 11.8 Å². The van der Waals surface area contributed by atoms with Crippen LogP contribution in [-0.4, -0.2) is 58.0 Å². The Kier molecular flexibility index (Phi) is 5.83. The number of aromatic amines is 2. The first-order chi connectivity index (χ1) is 14.0. The maximum absolute atomic E-state index is 13.3. The van der Waals surface area contributed by atoms with Crippen molar-refractivity contribution in [2.45, 2.75) is 71.1 Å². The standard InChI is InChI=1S/C22H34N4O3/c1-16-18(20(28)24-23-16)14-19(27)26-13-10-22(15-26)9-5-11-25(21(22)29)12-8-17-6-3-2-4-7-17/h17H,2-15H2,1H3,(H2,23,24,28). The van der Waals surface area contributed by atoms with Gasteiger partial charge < -0.3 is 14.9 Å². The number of carbonyl (C=O) groups excluding carboxylic acids is 2. The molecule has 1 spiro atoms. The number of H-pyrrole nitrogens is 2. The highest BCUT2D eigenvalue weighted by Crippen LogP contribution is 2.40. The number of likely N-dealkylation sites (tertiary alicyclic amines) is 2. The predicted octanol–water partition coefficient (Wildman–Crippen LogP) is 2.37. The summed E-state index contributed by atoms with van der Waals surface area (Å²) in [4.78, 5) is 41.9. The van der Waals surface area contributed by atoms with Crippen LogP contribution in [0.5, 0.6) is 0 Å². The molecule has 1 aromatic heterocycles. The van der Waals surface area contributed by atoms with Crippen LogP contribution < -0.4 is 5.56 Å². The first-order valence-electron chi connectivity index (χ1n) is 11.3. The molecule has 2 amide bonds. The molecular weight excluding hydrogens is 368 g/mol. The molecule has 1 unspecified atom stereocenters. The van der Waals surface area contributed by atoms with E-state index in [1.165, 1.54) is 32.1 Å². The van der Waals surface area contributed by atoms with E-state index in [1.807, 2.05) is 0 Å². The van der Waals surface area contributed by atoms with Crippen molar-refractivity contribution in [1.29, 1.82) is 0 Å². The van der Waals surface area contributed by atoms with Gasteiger partial charge in [-0.25, -0.2) is 0 Å². The van der Waals surface area contributed by atoms with E-state index in [0.717, 1.165) is 44.7 Å². The lowest BCUT2D eigenvalue weighted by Gasteiger charge is -2.40. The number of nitrogens with zero attached hydrogens (tertiary/aromatic N) is 2. The SMILES string of the molecule is Cc1[nH][nH]c(=O)c1CC(=O)N1CCC2(CCCN(CCC3CCCCC3)C2=O)C1. The molecule has 1 saturated carbocycles. The van der Waals surface area contributed by atoms with E-state index in [-0.39, 0.29) is 23.8 Å². The van der Waals surface area contributed by atoms with Crippen LogP contribution in [0.3, 0.4) is 0 Å². The number of rotatable bonds is 5. The number of aromatic nitrogens is 2. The normalized spacial score (nSPS) is 25.9. The molecule has 1 aromatic rings. The van der Waals surface area contributed by atoms with E-state index in [1.54, 1.807) is 11.8 Å². The zero-order valence-corrected chi connectivity index (χ0v) is 17.6. The second kappa shape index (κ2) is 8.36. The molecule has 3 fully saturated rings. The molecular formula is C22H34N4O3. The third-order valence-corrected chi connectivity index (χ3v) is 7.48. The first-order valence-corrected chi connectivity index (χ1v) is 11.3. The second-order valence-corrected chi connectivity index (χ2v) is 9.39. The number of carbonyl (C=O) groups is 2. The Labute approximate surface area is 172 Å². The molecule has 3 aliphatic rings. The molecule has 1 aliphatic carbocycles. The lowest BCUT2D eigenvalue weighted by molar-refractivity contribution is -0.146. The average Bonchev–Trinajstić information content (AvgIpc) is 3.29. The van der Waals surface area contributed by atoms with Crippen LogP contribution in [0.4, 0.5) is 0 Å². The molecule has 2 saturated heterocycles. The molecule has 0 bridgehead atoms. The van der Waals surface area contributed by atoms with Crippen molar-refractivity contribution in [3.05, 3.63) is 21.6 Å². The Balaban J connectivity index is 1.36. The van der Waals surface area contributed by atoms with Gasteiger partial charge >= 0.3 is 0 Å². The van der Waals surface area contributed by atoms with Gasteiger partial charge in [-0.05, 0) is 38.5 Å². The molecule has 7 heteroatoms. The highest BCUT2D eigenvalue weighted by molar-refractivity contribution is 5.86. The Hall–Kier alpha value is -2.05. The number of aryl methyl sites for hydroxylation is 1. The van der Waals surface area contributed by atoms with E-state index < -0.39 is 5.41 Å². The van der Waals surface area contributed by atoms with Crippen molar-refractivity contribution in [1.82, 2.24) is 20.0 Å². The summed E-state index contributed by atoms with van der Waals surface area (Å²) in [6.07, 6.45) is 10.5. The number of piperidine rings is 1. The van der Waals surface area contributed by atoms with Gasteiger partial charge in [0.15, 0.2) is 0 Å². The molecule has 0 radical (unpaired) electrons. The third-order valence-electron chi connectivity index (χ3n) is 7.48. The summed E-state index contributed by atoms with van der Waals surface area (Å²) in [6.45, 7) is 4.64. The van der Waals surface area contributed by atoms with Gasteiger partial charge in [0.25, 0.3) is 5.56 Å². The summed E-state index contributed by atoms with van der Waals surface area (Å²) in [5, 5.41) is 5.31. The van der Waals surface area contributed by atoms with Crippen molar-refractivity contribution in [3.8, 4) is 0 Å². The maximum Gasteiger partial charge on any atom is 0.267 e. The molecule has 2 aliphatic heterocycles. The number of amides is 2. The Morgan fingerprint density at radius 2 is 1.86 bits per heavy atom. The minimum absolute atomic E-state index is 0.0535. The van der Waals surface area contributed by atoms with Crippen LogP contribution in [-0.2, 0) is 16.0 Å². The molecule has 7 nitrogen and oxygen atoms in total. The summed E-state index contributed by atoms with van der Waals surface area (Å²) in [7, 11) is 0. The van der Waals surface area contributed by atoms with Crippen molar-refractivity contribution in [2.75, 3.05) is 26.2 Å². The fourth-order valence-electron chi connectivity index (χ4n) is 5.59. The van der Waals surface area contributed by atoms with E-state index in [4.69, 9.17) is 0 Å². The zero-order chi connectivity index (χ0) is 20.4. The monoisotopic (exact) mass is 402 g/mol. The average molecular weight is 403 g/mol. The molecule has 2 N–H and O–H groups in total. The van der Waals surface area contributed by atoms with Crippen LogP contribution in [0.1, 0.15) is 69.0 Å². The summed E-state index contributed by atoms with van der Waals surface area (Å²) >= 11 is 0. The minimum Gasteiger partial charge on any atom is -0.342 e. The summed E-state index contributed by atoms with van der Waals surface area (Å²) in [5.41, 5.74) is 0.576. The van der Waals surface area contributed by atoms with Crippen LogP contribution in [0, 0.1) is 18.3 Å². The Bertz CT molecular complexity index is 807. The Morgan fingerprint density at radius 3 is 2.59 bits per heavy atom. The quantitative estimate of drug-likeness (QED) is 0.792. The number of hydrogen-bond donors (Lipinski definition) is 2. The highest BCUT2D eigenvalue weighted by atomic mass is 16.2. The van der Waals surface area contributed by atoms with Crippen LogP contribution in [0.15, 0.2) is 4.79 Å². The lowest BCUT2D eigenvalue weighted by Crippen LogP contribution is -2.51. The van der Waals surface area contributed by atoms with Crippen molar-refractivity contribution >= 4 is 11.8 Å². The third kappa shape index (κ3) is 4.14. The molecule has 4 rings (SSSR count). The van der Waals surface area contributed by atoms with Gasteiger partial charge in [-0.3, -0.25) is 19.5 Å².